The van der Waals surface area contributed by atoms with Gasteiger partial charge in [-0.2, -0.15) is 0 Å². The van der Waals surface area contributed by atoms with Crippen molar-refractivity contribution in [3.05, 3.63) is 112 Å². The Labute approximate surface area is 211 Å². The maximum absolute atomic E-state index is 13.5. The summed E-state index contributed by atoms with van der Waals surface area (Å²) in [6.45, 7) is 5.21. The third-order valence-electron chi connectivity index (χ3n) is 5.28. The SMILES string of the molecule is C=CCN(c1ccc(F)cc1)S(=O)(=O)c1cc(C(=O)Oc2ccc3c(C)cc(=O)oc3c2)ccc1Cl. The number of benzene rings is 3. The lowest BCUT2D eigenvalue weighted by atomic mass is 10.1. The Morgan fingerprint density at radius 2 is 1.83 bits per heavy atom. The highest BCUT2D eigenvalue weighted by molar-refractivity contribution is 7.93. The molecule has 184 valence electrons. The van der Waals surface area contributed by atoms with Gasteiger partial charge in [-0.15, -0.1) is 6.58 Å². The summed E-state index contributed by atoms with van der Waals surface area (Å²) in [5, 5.41) is 0.558. The third-order valence-corrected chi connectivity index (χ3v) is 7.55. The fourth-order valence-corrected chi connectivity index (χ4v) is 5.49. The standard InChI is InChI=1S/C26H19ClFNO6S/c1-3-12-29(19-7-5-18(28)6-8-19)36(32,33)24-14-17(4-11-22(24)27)26(31)34-20-9-10-21-16(2)13-25(30)35-23(21)15-20/h3-11,13-15H,1,12H2,2H3. The summed E-state index contributed by atoms with van der Waals surface area (Å²) in [5.41, 5.74) is 0.511. The molecule has 0 bridgehead atoms. The molecular formula is C26H19ClFNO6S. The molecule has 0 spiro atoms. The lowest BCUT2D eigenvalue weighted by molar-refractivity contribution is 0.0734. The van der Waals surface area contributed by atoms with Gasteiger partial charge in [0, 0.05) is 17.5 Å². The van der Waals surface area contributed by atoms with Gasteiger partial charge >= 0.3 is 11.6 Å². The number of esters is 1. The van der Waals surface area contributed by atoms with E-state index in [-0.39, 0.29) is 39.0 Å². The van der Waals surface area contributed by atoms with Crippen LogP contribution in [0.3, 0.4) is 0 Å². The van der Waals surface area contributed by atoms with Crippen molar-refractivity contribution < 1.29 is 26.8 Å². The van der Waals surface area contributed by atoms with E-state index in [4.69, 9.17) is 20.8 Å². The van der Waals surface area contributed by atoms with Crippen molar-refractivity contribution in [3.63, 3.8) is 0 Å². The Kier molecular flexibility index (Phi) is 6.96. The van der Waals surface area contributed by atoms with Crippen LogP contribution in [-0.4, -0.2) is 20.9 Å². The van der Waals surface area contributed by atoms with E-state index in [0.29, 0.717) is 10.9 Å². The van der Waals surface area contributed by atoms with Crippen LogP contribution in [0.2, 0.25) is 5.02 Å². The Morgan fingerprint density at radius 1 is 1.11 bits per heavy atom. The number of carbonyl (C=O) groups is 1. The molecule has 7 nitrogen and oxygen atoms in total. The minimum Gasteiger partial charge on any atom is -0.423 e. The van der Waals surface area contributed by atoms with Crippen molar-refractivity contribution in [3.8, 4) is 5.75 Å². The zero-order valence-corrected chi connectivity index (χ0v) is 20.5. The average molecular weight is 528 g/mol. The van der Waals surface area contributed by atoms with Crippen molar-refractivity contribution >= 4 is 44.3 Å². The predicted molar refractivity (Wildman–Crippen MR) is 135 cm³/mol. The van der Waals surface area contributed by atoms with Crippen LogP contribution in [0.15, 0.2) is 93.5 Å². The van der Waals surface area contributed by atoms with Crippen molar-refractivity contribution in [2.75, 3.05) is 10.8 Å². The molecule has 1 aromatic heterocycles. The van der Waals surface area contributed by atoms with Gasteiger partial charge in [-0.3, -0.25) is 4.31 Å². The second-order valence-corrected chi connectivity index (χ2v) is 9.98. The van der Waals surface area contributed by atoms with E-state index >= 15 is 0 Å². The van der Waals surface area contributed by atoms with Crippen LogP contribution >= 0.6 is 11.6 Å². The van der Waals surface area contributed by atoms with Gasteiger partial charge in [0.05, 0.1) is 22.8 Å². The van der Waals surface area contributed by atoms with Crippen molar-refractivity contribution in [2.45, 2.75) is 11.8 Å². The second kappa shape index (κ2) is 9.96. The summed E-state index contributed by atoms with van der Waals surface area (Å²) in [6, 6.07) is 14.5. The number of halogens is 2. The molecule has 0 unspecified atom stereocenters. The molecule has 1 heterocycles. The third kappa shape index (κ3) is 5.02. The van der Waals surface area contributed by atoms with Crippen LogP contribution in [0.1, 0.15) is 15.9 Å². The van der Waals surface area contributed by atoms with Crippen LogP contribution in [0.25, 0.3) is 11.0 Å². The molecular weight excluding hydrogens is 509 g/mol. The molecule has 0 fully saturated rings. The molecule has 0 aliphatic rings. The van der Waals surface area contributed by atoms with Gasteiger partial charge in [0.2, 0.25) is 0 Å². The van der Waals surface area contributed by atoms with E-state index in [1.807, 2.05) is 0 Å². The highest BCUT2D eigenvalue weighted by atomic mass is 35.5. The molecule has 3 aromatic carbocycles. The number of aryl methyl sites for hydroxylation is 1. The molecule has 0 atom stereocenters. The lowest BCUT2D eigenvalue weighted by Gasteiger charge is -2.24. The summed E-state index contributed by atoms with van der Waals surface area (Å²) in [5.74, 6) is -1.28. The number of nitrogens with zero attached hydrogens (tertiary/aromatic N) is 1. The van der Waals surface area contributed by atoms with E-state index in [1.165, 1.54) is 48.5 Å². The first kappa shape index (κ1) is 25.2. The zero-order valence-electron chi connectivity index (χ0n) is 18.9. The Morgan fingerprint density at radius 3 is 2.53 bits per heavy atom. The highest BCUT2D eigenvalue weighted by Gasteiger charge is 2.28. The average Bonchev–Trinajstić information content (AvgIpc) is 2.83. The maximum Gasteiger partial charge on any atom is 0.343 e. The molecule has 0 amide bonds. The number of rotatable bonds is 7. The van der Waals surface area contributed by atoms with E-state index in [2.05, 4.69) is 6.58 Å². The van der Waals surface area contributed by atoms with Crippen LogP contribution in [0.5, 0.6) is 5.75 Å². The van der Waals surface area contributed by atoms with Gasteiger partial charge in [0.1, 0.15) is 22.0 Å². The summed E-state index contributed by atoms with van der Waals surface area (Å²) in [6.07, 6.45) is 1.37. The summed E-state index contributed by atoms with van der Waals surface area (Å²) in [4.78, 5) is 24.2. The van der Waals surface area contributed by atoms with Gasteiger partial charge in [-0.05, 0) is 67.1 Å². The highest BCUT2D eigenvalue weighted by Crippen LogP contribution is 2.30. The van der Waals surface area contributed by atoms with Crippen molar-refractivity contribution in [1.29, 1.82) is 0 Å². The van der Waals surface area contributed by atoms with Crippen LogP contribution in [-0.2, 0) is 10.0 Å². The number of ether oxygens (including phenoxy) is 1. The molecule has 36 heavy (non-hydrogen) atoms. The fraction of sp³-hybridized carbons (Fsp3) is 0.0769. The van der Waals surface area contributed by atoms with Crippen LogP contribution in [0, 0.1) is 12.7 Å². The van der Waals surface area contributed by atoms with E-state index in [0.717, 1.165) is 22.5 Å². The lowest BCUT2D eigenvalue weighted by Crippen LogP contribution is -2.31. The molecule has 0 radical (unpaired) electrons. The molecule has 4 rings (SSSR count). The van der Waals surface area contributed by atoms with Crippen molar-refractivity contribution in [1.82, 2.24) is 0 Å². The summed E-state index contributed by atoms with van der Waals surface area (Å²) < 4.78 is 51.9. The number of hydrogen-bond acceptors (Lipinski definition) is 6. The van der Waals surface area contributed by atoms with Gasteiger partial charge in [0.15, 0.2) is 0 Å². The maximum atomic E-state index is 13.5. The van der Waals surface area contributed by atoms with Gasteiger partial charge in [-0.1, -0.05) is 17.7 Å². The van der Waals surface area contributed by atoms with Crippen molar-refractivity contribution in [2.24, 2.45) is 0 Å². The molecule has 0 saturated carbocycles. The minimum absolute atomic E-state index is 0.0820. The number of hydrogen-bond donors (Lipinski definition) is 0. The summed E-state index contributed by atoms with van der Waals surface area (Å²) >= 11 is 6.21. The van der Waals surface area contributed by atoms with E-state index in [9.17, 15) is 22.4 Å². The summed E-state index contributed by atoms with van der Waals surface area (Å²) in [7, 11) is -4.28. The Hall–Kier alpha value is -3.95. The first-order valence-corrected chi connectivity index (χ1v) is 12.4. The molecule has 0 aliphatic heterocycles. The predicted octanol–water partition coefficient (Wildman–Crippen LogP) is 5.49. The number of anilines is 1. The largest absolute Gasteiger partial charge is 0.423 e. The molecule has 10 heteroatoms. The minimum atomic E-state index is -4.28. The molecule has 4 aromatic rings. The Balaban J connectivity index is 1.68. The monoisotopic (exact) mass is 527 g/mol. The van der Waals surface area contributed by atoms with Gasteiger partial charge in [-0.25, -0.2) is 22.4 Å². The van der Waals surface area contributed by atoms with Crippen LogP contribution in [0.4, 0.5) is 10.1 Å². The topological polar surface area (TPSA) is 93.9 Å². The zero-order chi connectivity index (χ0) is 26.0. The Bertz CT molecular complexity index is 1650. The molecule has 0 aliphatic carbocycles. The first-order chi connectivity index (χ1) is 17.1. The van der Waals surface area contributed by atoms with Crippen LogP contribution < -0.4 is 14.7 Å². The van der Waals surface area contributed by atoms with Gasteiger partial charge in [0.25, 0.3) is 10.0 Å². The van der Waals surface area contributed by atoms with E-state index < -0.39 is 27.4 Å². The van der Waals surface area contributed by atoms with Gasteiger partial charge < -0.3 is 9.15 Å². The number of sulfonamides is 1. The first-order valence-electron chi connectivity index (χ1n) is 10.6. The van der Waals surface area contributed by atoms with E-state index in [1.54, 1.807) is 13.0 Å². The number of carbonyl (C=O) groups excluding carboxylic acids is 1. The molecule has 0 saturated heterocycles. The molecule has 0 N–H and O–H groups in total. The number of fused-ring (bicyclic) bond motifs is 1. The smallest absolute Gasteiger partial charge is 0.343 e. The normalized spacial score (nSPS) is 11.3. The fourth-order valence-electron chi connectivity index (χ4n) is 3.55. The second-order valence-electron chi connectivity index (χ2n) is 7.74. The quantitative estimate of drug-likeness (QED) is 0.136.